The first-order valence-electron chi connectivity index (χ1n) is 14.7. The lowest BCUT2D eigenvalue weighted by molar-refractivity contribution is -0.130. The number of aryl methyl sites for hydroxylation is 1. The van der Waals surface area contributed by atoms with Crippen LogP contribution < -0.4 is 20.1 Å². The molecule has 228 valence electrons. The number of ether oxygens (including phenoxy) is 3. The van der Waals surface area contributed by atoms with Crippen LogP contribution in [0.5, 0.6) is 11.5 Å². The first-order chi connectivity index (χ1) is 20.9. The van der Waals surface area contributed by atoms with E-state index in [-0.39, 0.29) is 37.4 Å². The second-order valence-corrected chi connectivity index (χ2v) is 11.1. The van der Waals surface area contributed by atoms with Gasteiger partial charge < -0.3 is 34.3 Å². The zero-order valence-corrected chi connectivity index (χ0v) is 24.9. The SMILES string of the molecule is COc1ccc2cc1OCCCN(C(=O)c1cccc3c1COC3)CC(=O)N[C@H](C(C)C)C(=O)NCCCn1ccnc1-2. The van der Waals surface area contributed by atoms with Crippen molar-refractivity contribution in [3.63, 3.8) is 0 Å². The molecule has 3 heterocycles. The summed E-state index contributed by atoms with van der Waals surface area (Å²) in [5.74, 6) is 0.862. The summed E-state index contributed by atoms with van der Waals surface area (Å²) in [6, 6.07) is 10.5. The molecule has 1 aromatic heterocycles. The average Bonchev–Trinajstić information content (AvgIpc) is 3.68. The Morgan fingerprint density at radius 2 is 1.98 bits per heavy atom. The third-order valence-corrected chi connectivity index (χ3v) is 7.74. The Balaban J connectivity index is 1.42. The van der Waals surface area contributed by atoms with Gasteiger partial charge in [-0.2, -0.15) is 0 Å². The van der Waals surface area contributed by atoms with Crippen LogP contribution in [0.15, 0.2) is 48.8 Å². The Bertz CT molecular complexity index is 1470. The minimum absolute atomic E-state index is 0.147. The standard InChI is InChI=1S/C32H39N5O6/c1-21(2)29-31(39)34-11-5-13-36-15-12-33-30(36)22-9-10-26(41-3)27(17-22)43-16-6-14-37(18-28(38)35-29)32(40)24-8-4-7-23-19-42-20-25(23)24/h4,7-10,12,15,17,21,29H,5-6,11,13-14,16,18-20H2,1-3H3,(H,34,39)(H,35,38)/t29-/m1/s1. The highest BCUT2D eigenvalue weighted by Crippen LogP contribution is 2.32. The van der Waals surface area contributed by atoms with Crippen LogP contribution in [0.2, 0.25) is 0 Å². The molecular weight excluding hydrogens is 550 g/mol. The molecule has 0 aliphatic carbocycles. The maximum atomic E-state index is 13.8. The van der Waals surface area contributed by atoms with Gasteiger partial charge in [0.1, 0.15) is 11.9 Å². The summed E-state index contributed by atoms with van der Waals surface area (Å²) in [7, 11) is 1.59. The summed E-state index contributed by atoms with van der Waals surface area (Å²) < 4.78 is 19.3. The van der Waals surface area contributed by atoms with Crippen molar-refractivity contribution in [1.29, 1.82) is 0 Å². The van der Waals surface area contributed by atoms with E-state index in [9.17, 15) is 14.4 Å². The Morgan fingerprint density at radius 3 is 2.79 bits per heavy atom. The van der Waals surface area contributed by atoms with Crippen molar-refractivity contribution in [2.45, 2.75) is 52.5 Å². The molecule has 0 unspecified atom stereocenters. The molecule has 1 atom stereocenters. The number of nitrogens with zero attached hydrogens (tertiary/aromatic N) is 3. The number of hydrogen-bond donors (Lipinski definition) is 2. The number of methoxy groups -OCH3 is 1. The number of hydrogen-bond acceptors (Lipinski definition) is 7. The van der Waals surface area contributed by atoms with Crippen LogP contribution >= 0.6 is 0 Å². The number of carbonyl (C=O) groups is 3. The van der Waals surface area contributed by atoms with Crippen molar-refractivity contribution >= 4 is 17.7 Å². The number of rotatable bonds is 3. The third kappa shape index (κ3) is 6.99. The van der Waals surface area contributed by atoms with Crippen molar-refractivity contribution in [1.82, 2.24) is 25.1 Å². The van der Waals surface area contributed by atoms with Crippen LogP contribution in [0.4, 0.5) is 0 Å². The van der Waals surface area contributed by atoms with Crippen LogP contribution in [-0.2, 0) is 34.1 Å². The summed E-state index contributed by atoms with van der Waals surface area (Å²) in [5, 5.41) is 5.83. The van der Waals surface area contributed by atoms with Crippen molar-refractivity contribution in [3.8, 4) is 22.9 Å². The maximum absolute atomic E-state index is 13.8. The van der Waals surface area contributed by atoms with Crippen molar-refractivity contribution in [2.24, 2.45) is 5.92 Å². The largest absolute Gasteiger partial charge is 0.493 e. The summed E-state index contributed by atoms with van der Waals surface area (Å²) in [5.41, 5.74) is 3.21. The van der Waals surface area contributed by atoms with E-state index in [0.29, 0.717) is 56.2 Å². The fraction of sp³-hybridized carbons (Fsp3) is 0.438. The van der Waals surface area contributed by atoms with Gasteiger partial charge in [-0.15, -0.1) is 0 Å². The highest BCUT2D eigenvalue weighted by Gasteiger charge is 2.28. The first-order valence-corrected chi connectivity index (χ1v) is 14.7. The molecule has 0 fully saturated rings. The van der Waals surface area contributed by atoms with E-state index in [1.54, 1.807) is 19.4 Å². The van der Waals surface area contributed by atoms with E-state index in [1.807, 2.05) is 54.9 Å². The van der Waals surface area contributed by atoms with Gasteiger partial charge in [0.2, 0.25) is 11.8 Å². The van der Waals surface area contributed by atoms with Gasteiger partial charge >= 0.3 is 0 Å². The zero-order chi connectivity index (χ0) is 30.3. The number of imidazole rings is 1. The Labute approximate surface area is 251 Å². The van der Waals surface area contributed by atoms with Gasteiger partial charge in [0.05, 0.1) is 33.5 Å². The van der Waals surface area contributed by atoms with E-state index in [0.717, 1.165) is 22.5 Å². The molecule has 11 heteroatoms. The molecule has 0 saturated heterocycles. The molecule has 11 nitrogen and oxygen atoms in total. The quantitative estimate of drug-likeness (QED) is 0.481. The average molecular weight is 590 g/mol. The maximum Gasteiger partial charge on any atom is 0.254 e. The lowest BCUT2D eigenvalue weighted by Crippen LogP contribution is -2.52. The lowest BCUT2D eigenvalue weighted by atomic mass is 10.0. The van der Waals surface area contributed by atoms with E-state index < -0.39 is 11.9 Å². The highest BCUT2D eigenvalue weighted by atomic mass is 16.5. The summed E-state index contributed by atoms with van der Waals surface area (Å²) in [6.45, 7) is 6.00. The Kier molecular flexibility index (Phi) is 9.61. The summed E-state index contributed by atoms with van der Waals surface area (Å²) in [6.07, 6.45) is 4.78. The molecule has 3 aromatic rings. The molecule has 2 bridgehead atoms. The monoisotopic (exact) mass is 589 g/mol. The van der Waals surface area contributed by atoms with E-state index >= 15 is 0 Å². The second kappa shape index (κ2) is 13.7. The topological polar surface area (TPSA) is 124 Å². The number of amides is 3. The number of aromatic nitrogens is 2. The molecule has 2 N–H and O–H groups in total. The summed E-state index contributed by atoms with van der Waals surface area (Å²) in [4.78, 5) is 46.3. The van der Waals surface area contributed by atoms with E-state index in [1.165, 1.54) is 4.90 Å². The van der Waals surface area contributed by atoms with E-state index in [4.69, 9.17) is 14.2 Å². The molecule has 5 rings (SSSR count). The molecule has 3 amide bonds. The minimum atomic E-state index is -0.734. The van der Waals surface area contributed by atoms with Crippen LogP contribution in [-0.4, -0.2) is 71.6 Å². The fourth-order valence-corrected chi connectivity index (χ4v) is 5.44. The van der Waals surface area contributed by atoms with Crippen LogP contribution in [0.25, 0.3) is 11.4 Å². The lowest BCUT2D eigenvalue weighted by Gasteiger charge is -2.26. The zero-order valence-electron chi connectivity index (χ0n) is 24.9. The van der Waals surface area contributed by atoms with Gasteiger partial charge in [0, 0.05) is 43.2 Å². The van der Waals surface area contributed by atoms with Gasteiger partial charge in [-0.1, -0.05) is 26.0 Å². The molecule has 2 aromatic carbocycles. The molecule has 0 radical (unpaired) electrons. The molecular formula is C32H39N5O6. The number of nitrogens with one attached hydrogen (secondary N) is 2. The van der Waals surface area contributed by atoms with Gasteiger partial charge in [-0.05, 0) is 54.2 Å². The second-order valence-electron chi connectivity index (χ2n) is 11.1. The normalized spacial score (nSPS) is 18.3. The summed E-state index contributed by atoms with van der Waals surface area (Å²) >= 11 is 0. The molecule has 2 aliphatic heterocycles. The Hall–Kier alpha value is -4.38. The molecule has 2 aliphatic rings. The molecule has 43 heavy (non-hydrogen) atoms. The van der Waals surface area contributed by atoms with Crippen LogP contribution in [0, 0.1) is 5.92 Å². The van der Waals surface area contributed by atoms with Gasteiger partial charge in [0.15, 0.2) is 11.5 Å². The van der Waals surface area contributed by atoms with Gasteiger partial charge in [-0.3, -0.25) is 14.4 Å². The number of carbonyl (C=O) groups excluding carboxylic acids is 3. The van der Waals surface area contributed by atoms with Gasteiger partial charge in [0.25, 0.3) is 5.91 Å². The smallest absolute Gasteiger partial charge is 0.254 e. The van der Waals surface area contributed by atoms with Crippen molar-refractivity contribution in [3.05, 3.63) is 65.5 Å². The molecule has 0 spiro atoms. The predicted octanol–water partition coefficient (Wildman–Crippen LogP) is 3.16. The number of fused-ring (bicyclic) bond motifs is 5. The minimum Gasteiger partial charge on any atom is -0.493 e. The third-order valence-electron chi connectivity index (χ3n) is 7.74. The number of benzene rings is 2. The van der Waals surface area contributed by atoms with Crippen molar-refractivity contribution in [2.75, 3.05) is 33.4 Å². The Morgan fingerprint density at radius 1 is 1.12 bits per heavy atom. The van der Waals surface area contributed by atoms with Crippen LogP contribution in [0.3, 0.4) is 0 Å². The fourth-order valence-electron chi connectivity index (χ4n) is 5.44. The van der Waals surface area contributed by atoms with Gasteiger partial charge in [-0.25, -0.2) is 4.98 Å². The first kappa shape index (κ1) is 30.1. The van der Waals surface area contributed by atoms with Crippen LogP contribution in [0.1, 0.15) is 48.2 Å². The molecule has 0 saturated carbocycles. The predicted molar refractivity (Wildman–Crippen MR) is 160 cm³/mol. The highest BCUT2D eigenvalue weighted by molar-refractivity contribution is 5.98. The van der Waals surface area contributed by atoms with E-state index in [2.05, 4.69) is 15.6 Å². The van der Waals surface area contributed by atoms with Crippen molar-refractivity contribution < 1.29 is 28.6 Å².